The van der Waals surface area contributed by atoms with Crippen molar-refractivity contribution in [2.24, 2.45) is 0 Å². The van der Waals surface area contributed by atoms with E-state index < -0.39 is 0 Å². The number of allylic oxidation sites excluding steroid dienone is 1. The van der Waals surface area contributed by atoms with Crippen LogP contribution in [0, 0.1) is 6.92 Å². The van der Waals surface area contributed by atoms with Crippen LogP contribution < -0.4 is 11.3 Å². The molecule has 0 aliphatic carbocycles. The molecule has 0 bridgehead atoms. The van der Waals surface area contributed by atoms with Crippen LogP contribution in [0.1, 0.15) is 43.6 Å². The lowest BCUT2D eigenvalue weighted by molar-refractivity contribution is -0.113. The first kappa shape index (κ1) is 23.8. The number of nitrogen functional groups attached to an aromatic ring is 1. The largest absolute Gasteiger partial charge is 0.398 e. The Kier molecular flexibility index (Phi) is 7.59. The quantitative estimate of drug-likeness (QED) is 0.326. The van der Waals surface area contributed by atoms with Crippen LogP contribution in [0.25, 0.3) is 15.8 Å². The predicted molar refractivity (Wildman–Crippen MR) is 136 cm³/mol. The fourth-order valence-corrected chi connectivity index (χ4v) is 4.39. The number of thioether (sulfide) groups is 1. The number of carbonyl (C=O) groups excluding carboxylic acids is 1. The summed E-state index contributed by atoms with van der Waals surface area (Å²) >= 11 is 7.32. The van der Waals surface area contributed by atoms with Crippen LogP contribution in [0.5, 0.6) is 0 Å². The van der Waals surface area contributed by atoms with Gasteiger partial charge in [0.2, 0.25) is 0 Å². The smallest absolute Gasteiger partial charge is 0.261 e. The molecule has 0 saturated carbocycles. The highest BCUT2D eigenvalue weighted by molar-refractivity contribution is 8.10. The normalized spacial score (nSPS) is 11.7. The third kappa shape index (κ3) is 5.31. The van der Waals surface area contributed by atoms with Gasteiger partial charge >= 0.3 is 0 Å². The molecule has 3 rings (SSSR count). The maximum atomic E-state index is 13.2. The van der Waals surface area contributed by atoms with Crippen LogP contribution >= 0.6 is 23.4 Å². The molecule has 0 fully saturated rings. The number of anilines is 1. The summed E-state index contributed by atoms with van der Waals surface area (Å²) < 4.78 is 1.63. The summed E-state index contributed by atoms with van der Waals surface area (Å²) in [5.74, 6) is 0.658. The van der Waals surface area contributed by atoms with E-state index in [9.17, 15) is 9.59 Å². The highest BCUT2D eigenvalue weighted by atomic mass is 35.5. The Bertz CT molecular complexity index is 1280. The maximum absolute atomic E-state index is 13.2. The number of hydrogen-bond donors (Lipinski definition) is 1. The third-order valence-corrected chi connectivity index (χ3v) is 6.34. The number of nitrogens with zero attached hydrogens (tertiary/aromatic N) is 2. The lowest BCUT2D eigenvalue weighted by Crippen LogP contribution is -2.24. The zero-order valence-corrected chi connectivity index (χ0v) is 20.0. The van der Waals surface area contributed by atoms with E-state index in [0.29, 0.717) is 44.5 Å². The van der Waals surface area contributed by atoms with Gasteiger partial charge in [0.25, 0.3) is 5.56 Å². The van der Waals surface area contributed by atoms with Crippen LogP contribution in [-0.4, -0.2) is 15.3 Å². The molecular formula is C25H26ClN3O2S. The first-order chi connectivity index (χ1) is 15.2. The van der Waals surface area contributed by atoms with E-state index in [2.05, 4.69) is 11.6 Å². The molecule has 0 spiro atoms. The number of aromatic nitrogens is 2. The number of fused-ring (bicyclic) bond motifs is 1. The number of Topliss-reactive ketones (excluding diaryl/α,β-unsaturated/α-hetero) is 1. The maximum Gasteiger partial charge on any atom is 0.261 e. The van der Waals surface area contributed by atoms with Gasteiger partial charge in [-0.25, -0.2) is 4.98 Å². The van der Waals surface area contributed by atoms with Crippen molar-refractivity contribution in [2.45, 2.75) is 40.2 Å². The van der Waals surface area contributed by atoms with Gasteiger partial charge in [-0.2, -0.15) is 0 Å². The van der Waals surface area contributed by atoms with Gasteiger partial charge in [0.15, 0.2) is 5.78 Å². The average molecular weight is 468 g/mol. The Morgan fingerprint density at radius 2 is 1.97 bits per heavy atom. The van der Waals surface area contributed by atoms with Crippen LogP contribution in [0.2, 0.25) is 5.02 Å². The van der Waals surface area contributed by atoms with Gasteiger partial charge in [-0.3, -0.25) is 14.2 Å². The van der Waals surface area contributed by atoms with Crippen LogP contribution in [-0.2, 0) is 11.3 Å². The summed E-state index contributed by atoms with van der Waals surface area (Å²) in [4.78, 5) is 30.3. The van der Waals surface area contributed by atoms with Crippen molar-refractivity contribution >= 4 is 50.6 Å². The molecule has 2 aromatic carbocycles. The molecule has 32 heavy (non-hydrogen) atoms. The second kappa shape index (κ2) is 10.2. The minimum atomic E-state index is -0.152. The minimum Gasteiger partial charge on any atom is -0.398 e. The molecular weight excluding hydrogens is 442 g/mol. The molecule has 0 aliphatic rings. The molecule has 7 heteroatoms. The highest BCUT2D eigenvalue weighted by Crippen LogP contribution is 2.33. The van der Waals surface area contributed by atoms with Gasteiger partial charge in [0, 0.05) is 26.8 Å². The van der Waals surface area contributed by atoms with Gasteiger partial charge in [0.05, 0.1) is 17.4 Å². The number of ketones is 1. The first-order valence-electron chi connectivity index (χ1n) is 10.3. The van der Waals surface area contributed by atoms with Crippen LogP contribution in [0.15, 0.2) is 58.8 Å². The van der Waals surface area contributed by atoms with E-state index in [-0.39, 0.29) is 11.3 Å². The van der Waals surface area contributed by atoms with Gasteiger partial charge in [-0.15, -0.1) is 0 Å². The van der Waals surface area contributed by atoms with Crippen molar-refractivity contribution in [3.05, 3.63) is 86.3 Å². The number of benzene rings is 2. The van der Waals surface area contributed by atoms with E-state index in [1.165, 1.54) is 11.8 Å². The number of halogens is 1. The molecule has 0 aliphatic heterocycles. The second-order valence-corrected chi connectivity index (χ2v) is 9.02. The average Bonchev–Trinajstić information content (AvgIpc) is 2.75. The zero-order valence-electron chi connectivity index (χ0n) is 18.4. The summed E-state index contributed by atoms with van der Waals surface area (Å²) in [7, 11) is 0. The third-order valence-electron chi connectivity index (χ3n) is 5.19. The first-order valence-corrected chi connectivity index (χ1v) is 11.6. The topological polar surface area (TPSA) is 78.0 Å². The van der Waals surface area contributed by atoms with E-state index in [1.807, 2.05) is 31.4 Å². The number of aryl methyl sites for hydroxylation is 1. The second-order valence-electron chi connectivity index (χ2n) is 7.62. The molecule has 0 saturated heterocycles. The Balaban J connectivity index is 1.97. The molecule has 2 N–H and O–H groups in total. The zero-order chi connectivity index (χ0) is 23.4. The standard InChI is InChI=1S/C25H26ClN3O2S/c1-5-6-19(15(2)30)14-32-16(3)21-12-24-22(11-23(21)27)25(31)29(17(4)28-24)13-18-7-9-20(26)10-8-18/h7-12,14H,3,5-6,13,27H2,1-2,4H3/b19-14+. The van der Waals surface area contributed by atoms with Crippen molar-refractivity contribution in [3.63, 3.8) is 0 Å². The molecule has 0 radical (unpaired) electrons. The number of rotatable bonds is 8. The SMILES string of the molecule is C=C(S/C=C(\CCC)C(C)=O)c1cc2nc(C)n(Cc3ccc(Cl)cc3)c(=O)c2cc1N. The lowest BCUT2D eigenvalue weighted by Gasteiger charge is -2.14. The van der Waals surface area contributed by atoms with Gasteiger partial charge < -0.3 is 5.73 Å². The van der Waals surface area contributed by atoms with Gasteiger partial charge in [-0.05, 0) is 55.5 Å². The number of carbonyl (C=O) groups is 1. The molecule has 3 aromatic rings. The Morgan fingerprint density at radius 3 is 2.59 bits per heavy atom. The summed E-state index contributed by atoms with van der Waals surface area (Å²) in [6.45, 7) is 9.92. The number of hydrogen-bond acceptors (Lipinski definition) is 5. The Hall–Kier alpha value is -2.83. The summed E-state index contributed by atoms with van der Waals surface area (Å²) in [5.41, 5.74) is 9.57. The fourth-order valence-electron chi connectivity index (χ4n) is 3.39. The van der Waals surface area contributed by atoms with E-state index >= 15 is 0 Å². The van der Waals surface area contributed by atoms with Crippen molar-refractivity contribution in [1.82, 2.24) is 9.55 Å². The monoisotopic (exact) mass is 467 g/mol. The molecule has 1 heterocycles. The Labute approximate surface area is 197 Å². The minimum absolute atomic E-state index is 0.0529. The molecule has 0 amide bonds. The van der Waals surface area contributed by atoms with Crippen molar-refractivity contribution in [1.29, 1.82) is 0 Å². The number of nitrogens with two attached hydrogens (primary N) is 1. The van der Waals surface area contributed by atoms with Gasteiger partial charge in [0.1, 0.15) is 5.82 Å². The van der Waals surface area contributed by atoms with E-state index in [4.69, 9.17) is 17.3 Å². The summed E-state index contributed by atoms with van der Waals surface area (Å²) in [6, 6.07) is 10.8. The fraction of sp³-hybridized carbons (Fsp3) is 0.240. The molecule has 5 nitrogen and oxygen atoms in total. The van der Waals surface area contributed by atoms with Crippen molar-refractivity contribution < 1.29 is 4.79 Å². The van der Waals surface area contributed by atoms with E-state index in [1.54, 1.807) is 35.8 Å². The summed E-state index contributed by atoms with van der Waals surface area (Å²) in [6.07, 6.45) is 1.61. The summed E-state index contributed by atoms with van der Waals surface area (Å²) in [5, 5.41) is 2.93. The van der Waals surface area contributed by atoms with Crippen molar-refractivity contribution in [2.75, 3.05) is 5.73 Å². The molecule has 0 atom stereocenters. The van der Waals surface area contributed by atoms with Crippen LogP contribution in [0.4, 0.5) is 5.69 Å². The highest BCUT2D eigenvalue weighted by Gasteiger charge is 2.14. The lowest BCUT2D eigenvalue weighted by atomic mass is 10.1. The van der Waals surface area contributed by atoms with E-state index in [0.717, 1.165) is 24.0 Å². The predicted octanol–water partition coefficient (Wildman–Crippen LogP) is 5.97. The molecule has 0 unspecified atom stereocenters. The molecule has 1 aromatic heterocycles. The van der Waals surface area contributed by atoms with Crippen LogP contribution in [0.3, 0.4) is 0 Å². The molecule has 166 valence electrons. The Morgan fingerprint density at radius 1 is 1.28 bits per heavy atom. The van der Waals surface area contributed by atoms with Crippen molar-refractivity contribution in [3.8, 4) is 0 Å². The van der Waals surface area contributed by atoms with Gasteiger partial charge in [-0.1, -0.05) is 55.4 Å².